The van der Waals surface area contributed by atoms with E-state index in [0.29, 0.717) is 25.4 Å². The lowest BCUT2D eigenvalue weighted by Gasteiger charge is -2.30. The number of urea groups is 1. The zero-order chi connectivity index (χ0) is 19.4. The Labute approximate surface area is 163 Å². The van der Waals surface area contributed by atoms with E-state index in [-0.39, 0.29) is 23.6 Å². The van der Waals surface area contributed by atoms with E-state index in [1.165, 1.54) is 0 Å². The third-order valence-electron chi connectivity index (χ3n) is 4.37. The van der Waals surface area contributed by atoms with Crippen molar-refractivity contribution in [2.75, 3.05) is 18.5 Å². The molecular formula is C20H25N3O3S. The second-order valence-corrected chi connectivity index (χ2v) is 8.63. The van der Waals surface area contributed by atoms with Crippen LogP contribution >= 0.6 is 11.3 Å². The largest absolute Gasteiger partial charge is 0.448 e. The lowest BCUT2D eigenvalue weighted by Crippen LogP contribution is -2.38. The van der Waals surface area contributed by atoms with E-state index in [4.69, 9.17) is 4.74 Å². The average molecular weight is 388 g/mol. The molecule has 1 aliphatic rings. The van der Waals surface area contributed by atoms with Gasteiger partial charge in [0.2, 0.25) is 0 Å². The van der Waals surface area contributed by atoms with Crippen LogP contribution in [0.1, 0.15) is 37.3 Å². The summed E-state index contributed by atoms with van der Waals surface area (Å²) in [4.78, 5) is 26.9. The summed E-state index contributed by atoms with van der Waals surface area (Å²) in [6.07, 6.45) is -0.296. The number of anilines is 1. The zero-order valence-corrected chi connectivity index (χ0v) is 16.6. The summed E-state index contributed by atoms with van der Waals surface area (Å²) in [6, 6.07) is 11.2. The van der Waals surface area contributed by atoms with Crippen LogP contribution in [-0.2, 0) is 11.3 Å². The standard InChI is InChI=1S/C20H25N3O3S/c1-20(2,3)17(16-8-5-11-27-16)22-18(24)21-15-7-4-6-14(12-15)13-23-9-10-26-19(23)25/h4-8,11-12,17H,9-10,13H2,1-3H3,(H2,21,22,24). The van der Waals surface area contributed by atoms with Crippen molar-refractivity contribution in [1.29, 1.82) is 0 Å². The van der Waals surface area contributed by atoms with Crippen LogP contribution in [0.2, 0.25) is 0 Å². The van der Waals surface area contributed by atoms with Gasteiger partial charge in [-0.3, -0.25) is 0 Å². The van der Waals surface area contributed by atoms with E-state index < -0.39 is 0 Å². The van der Waals surface area contributed by atoms with Crippen molar-refractivity contribution in [2.24, 2.45) is 5.41 Å². The van der Waals surface area contributed by atoms with Gasteiger partial charge in [-0.15, -0.1) is 11.3 Å². The van der Waals surface area contributed by atoms with Gasteiger partial charge in [-0.2, -0.15) is 0 Å². The van der Waals surface area contributed by atoms with E-state index in [9.17, 15) is 9.59 Å². The number of nitrogens with one attached hydrogen (secondary N) is 2. The molecule has 2 aromatic rings. The summed E-state index contributed by atoms with van der Waals surface area (Å²) in [5, 5.41) is 8.00. The smallest absolute Gasteiger partial charge is 0.410 e. The van der Waals surface area contributed by atoms with Crippen LogP contribution in [0.3, 0.4) is 0 Å². The molecule has 1 unspecified atom stereocenters. The molecule has 0 saturated carbocycles. The topological polar surface area (TPSA) is 70.7 Å². The van der Waals surface area contributed by atoms with Crippen molar-refractivity contribution >= 4 is 29.1 Å². The lowest BCUT2D eigenvalue weighted by atomic mass is 9.86. The molecule has 1 fully saturated rings. The number of nitrogens with zero attached hydrogens (tertiary/aromatic N) is 1. The number of benzene rings is 1. The van der Waals surface area contributed by atoms with Crippen LogP contribution in [-0.4, -0.2) is 30.2 Å². The van der Waals surface area contributed by atoms with Gasteiger partial charge in [0.05, 0.1) is 12.6 Å². The maximum atomic E-state index is 12.6. The maximum absolute atomic E-state index is 12.6. The maximum Gasteiger partial charge on any atom is 0.410 e. The predicted molar refractivity (Wildman–Crippen MR) is 107 cm³/mol. The van der Waals surface area contributed by atoms with Crippen LogP contribution in [0.5, 0.6) is 0 Å². The van der Waals surface area contributed by atoms with Gasteiger partial charge < -0.3 is 20.3 Å². The Bertz CT molecular complexity index is 799. The molecule has 1 saturated heterocycles. The number of ether oxygens (including phenoxy) is 1. The highest BCUT2D eigenvalue weighted by atomic mass is 32.1. The third-order valence-corrected chi connectivity index (χ3v) is 5.31. The van der Waals surface area contributed by atoms with Gasteiger partial charge >= 0.3 is 12.1 Å². The summed E-state index contributed by atoms with van der Waals surface area (Å²) < 4.78 is 4.95. The van der Waals surface area contributed by atoms with E-state index in [1.54, 1.807) is 16.2 Å². The Balaban J connectivity index is 1.65. The highest BCUT2D eigenvalue weighted by Crippen LogP contribution is 2.35. The van der Waals surface area contributed by atoms with Crippen molar-refractivity contribution in [2.45, 2.75) is 33.4 Å². The number of cyclic esters (lactones) is 1. The molecule has 1 aromatic carbocycles. The highest BCUT2D eigenvalue weighted by Gasteiger charge is 2.28. The van der Waals surface area contributed by atoms with E-state index in [0.717, 1.165) is 10.4 Å². The molecule has 0 aliphatic carbocycles. The third kappa shape index (κ3) is 5.01. The predicted octanol–water partition coefficient (Wildman–Crippen LogP) is 4.61. The van der Waals surface area contributed by atoms with Crippen LogP contribution < -0.4 is 10.6 Å². The molecule has 1 aliphatic heterocycles. The fourth-order valence-electron chi connectivity index (χ4n) is 3.01. The quantitative estimate of drug-likeness (QED) is 0.787. The van der Waals surface area contributed by atoms with Crippen LogP contribution in [0.25, 0.3) is 0 Å². The first-order valence-electron chi connectivity index (χ1n) is 8.94. The average Bonchev–Trinajstić information content (AvgIpc) is 3.24. The molecule has 27 heavy (non-hydrogen) atoms. The van der Waals surface area contributed by atoms with Gasteiger partial charge in [-0.25, -0.2) is 9.59 Å². The Morgan fingerprint density at radius 1 is 1.30 bits per heavy atom. The number of thiophene rings is 1. The number of amides is 3. The van der Waals surface area contributed by atoms with E-state index >= 15 is 0 Å². The first-order valence-corrected chi connectivity index (χ1v) is 9.82. The summed E-state index contributed by atoms with van der Waals surface area (Å²) in [5.41, 5.74) is 1.52. The van der Waals surface area contributed by atoms with Gasteiger partial charge in [0.25, 0.3) is 0 Å². The first-order chi connectivity index (χ1) is 12.8. The van der Waals surface area contributed by atoms with Gasteiger partial charge in [0.15, 0.2) is 0 Å². The molecule has 144 valence electrons. The number of hydrogen-bond acceptors (Lipinski definition) is 4. The minimum absolute atomic E-state index is 0.0833. The summed E-state index contributed by atoms with van der Waals surface area (Å²) in [6.45, 7) is 7.80. The van der Waals surface area contributed by atoms with Crippen molar-refractivity contribution in [3.8, 4) is 0 Å². The summed E-state index contributed by atoms with van der Waals surface area (Å²) >= 11 is 1.63. The van der Waals surface area contributed by atoms with E-state index in [1.807, 2.05) is 41.8 Å². The van der Waals surface area contributed by atoms with Crippen LogP contribution in [0.4, 0.5) is 15.3 Å². The monoisotopic (exact) mass is 387 g/mol. The molecule has 6 nitrogen and oxygen atoms in total. The van der Waals surface area contributed by atoms with Gasteiger partial charge in [-0.1, -0.05) is 39.0 Å². The Hall–Kier alpha value is -2.54. The molecule has 3 amide bonds. The number of carbonyl (C=O) groups is 2. The molecule has 0 spiro atoms. The fraction of sp³-hybridized carbons (Fsp3) is 0.400. The highest BCUT2D eigenvalue weighted by molar-refractivity contribution is 7.10. The second kappa shape index (κ2) is 8.00. The van der Waals surface area contributed by atoms with Crippen molar-refractivity contribution in [3.63, 3.8) is 0 Å². The molecule has 1 atom stereocenters. The molecule has 1 aromatic heterocycles. The minimum Gasteiger partial charge on any atom is -0.448 e. The van der Waals surface area contributed by atoms with Gasteiger partial charge in [0.1, 0.15) is 6.61 Å². The Kier molecular flexibility index (Phi) is 5.70. The lowest BCUT2D eigenvalue weighted by molar-refractivity contribution is 0.157. The Morgan fingerprint density at radius 3 is 2.74 bits per heavy atom. The Morgan fingerprint density at radius 2 is 2.11 bits per heavy atom. The van der Waals surface area contributed by atoms with Crippen molar-refractivity contribution < 1.29 is 14.3 Å². The van der Waals surface area contributed by atoms with Gasteiger partial charge in [0, 0.05) is 17.1 Å². The van der Waals surface area contributed by atoms with Crippen molar-refractivity contribution in [3.05, 3.63) is 52.2 Å². The number of hydrogen-bond donors (Lipinski definition) is 2. The molecule has 0 bridgehead atoms. The van der Waals surface area contributed by atoms with Crippen molar-refractivity contribution in [1.82, 2.24) is 10.2 Å². The first kappa shape index (κ1) is 19.2. The molecule has 3 rings (SSSR count). The molecule has 2 N–H and O–H groups in total. The van der Waals surface area contributed by atoms with Crippen LogP contribution in [0.15, 0.2) is 41.8 Å². The van der Waals surface area contributed by atoms with E-state index in [2.05, 4.69) is 31.4 Å². The molecule has 2 heterocycles. The molecule has 0 radical (unpaired) electrons. The summed E-state index contributed by atoms with van der Waals surface area (Å²) in [5.74, 6) is 0. The number of carbonyl (C=O) groups excluding carboxylic acids is 2. The summed E-state index contributed by atoms with van der Waals surface area (Å²) in [7, 11) is 0. The van der Waals surface area contributed by atoms with Gasteiger partial charge in [-0.05, 0) is 34.6 Å². The SMILES string of the molecule is CC(C)(C)C(NC(=O)Nc1cccc(CN2CCOC2=O)c1)c1cccs1. The normalized spacial score (nSPS) is 15.4. The number of rotatable bonds is 5. The van der Waals surface area contributed by atoms with Crippen LogP contribution in [0, 0.1) is 5.41 Å². The minimum atomic E-state index is -0.296. The molecular weight excluding hydrogens is 362 g/mol. The second-order valence-electron chi connectivity index (χ2n) is 7.65. The fourth-order valence-corrected chi connectivity index (χ4v) is 4.03. The molecule has 7 heteroatoms. The zero-order valence-electron chi connectivity index (χ0n) is 15.8.